The Bertz CT molecular complexity index is 296. The van der Waals surface area contributed by atoms with E-state index < -0.39 is 7.82 Å². The minimum absolute atomic E-state index is 0.831. The van der Waals surface area contributed by atoms with E-state index >= 15 is 0 Å². The predicted molar refractivity (Wildman–Crippen MR) is 39.9 cm³/mol. The van der Waals surface area contributed by atoms with Crippen molar-refractivity contribution >= 4 is 7.82 Å². The van der Waals surface area contributed by atoms with Crippen molar-refractivity contribution in [1.82, 2.24) is 9.71 Å². The van der Waals surface area contributed by atoms with Crippen molar-refractivity contribution < 1.29 is 18.6 Å². The van der Waals surface area contributed by atoms with E-state index in [2.05, 4.69) is 20.7 Å². The second kappa shape index (κ2) is 3.42. The lowest BCUT2D eigenvalue weighted by Crippen LogP contribution is -2.06. The number of nitrogens with zero attached hydrogens (tertiary/aromatic N) is 2. The molecule has 7 heteroatoms. The zero-order valence-electron chi connectivity index (χ0n) is 6.03. The Balaban J connectivity index is 2.62. The van der Waals surface area contributed by atoms with Gasteiger partial charge in [-0.05, 0) is 0 Å². The second-order valence-electron chi connectivity index (χ2n) is 1.74. The van der Waals surface area contributed by atoms with Gasteiger partial charge in [-0.25, -0.2) is 9.55 Å². The fourth-order valence-electron chi connectivity index (χ4n) is 0.528. The van der Waals surface area contributed by atoms with Crippen LogP contribution in [0.5, 0.6) is 0 Å². The molecule has 0 saturated carbocycles. The molecule has 0 aliphatic rings. The summed E-state index contributed by atoms with van der Waals surface area (Å²) in [7, 11) is -4.08. The summed E-state index contributed by atoms with van der Waals surface area (Å²) in [4.78, 5) is 12.5. The molecule has 1 unspecified atom stereocenters. The van der Waals surface area contributed by atoms with Crippen molar-refractivity contribution in [3.63, 3.8) is 0 Å². The molecule has 1 rings (SSSR count). The molecule has 0 aliphatic carbocycles. The number of hydrogen-bond donors (Lipinski definition) is 1. The second-order valence-corrected chi connectivity index (χ2v) is 3.06. The van der Waals surface area contributed by atoms with Gasteiger partial charge in [0.05, 0.1) is 12.5 Å². The minimum atomic E-state index is -4.08. The third-order valence-electron chi connectivity index (χ3n) is 0.885. The Labute approximate surface area is 68.6 Å². The van der Waals surface area contributed by atoms with E-state index in [1.54, 1.807) is 0 Å². The zero-order chi connectivity index (χ0) is 9.03. The molecule has 0 saturated heterocycles. The summed E-state index contributed by atoms with van der Waals surface area (Å²) in [6.45, 7) is 3.12. The Hall–Kier alpha value is -1.26. The predicted octanol–water partition coefficient (Wildman–Crippen LogP) is 0.572. The van der Waals surface area contributed by atoms with Crippen LogP contribution in [0.3, 0.4) is 0 Å². The van der Waals surface area contributed by atoms with Crippen LogP contribution in [0.2, 0.25) is 0 Å². The lowest BCUT2D eigenvalue weighted by molar-refractivity contribution is 0.170. The van der Waals surface area contributed by atoms with Gasteiger partial charge in [0, 0.05) is 6.20 Å². The lowest BCUT2D eigenvalue weighted by Gasteiger charge is -2.09. The molecule has 6 nitrogen and oxygen atoms in total. The van der Waals surface area contributed by atoms with Crippen LogP contribution in [0, 0.1) is 0 Å². The van der Waals surface area contributed by atoms with Crippen molar-refractivity contribution in [3.8, 4) is 0 Å². The molecule has 0 fully saturated rings. The van der Waals surface area contributed by atoms with Gasteiger partial charge in [-0.15, -0.1) is 0 Å². The van der Waals surface area contributed by atoms with Gasteiger partial charge in [-0.3, -0.25) is 4.89 Å². The van der Waals surface area contributed by atoms with E-state index in [0.29, 0.717) is 0 Å². The summed E-state index contributed by atoms with van der Waals surface area (Å²) >= 11 is 0. The van der Waals surface area contributed by atoms with Crippen molar-refractivity contribution in [1.29, 1.82) is 0 Å². The smallest absolute Gasteiger partial charge is 0.403 e. The Morgan fingerprint density at radius 1 is 1.75 bits per heavy atom. The van der Waals surface area contributed by atoms with Crippen LogP contribution in [0.4, 0.5) is 0 Å². The summed E-state index contributed by atoms with van der Waals surface area (Å²) in [6.07, 6.45) is 4.80. The molecule has 1 N–H and O–H groups in total. The van der Waals surface area contributed by atoms with Crippen molar-refractivity contribution in [2.24, 2.45) is 0 Å². The van der Waals surface area contributed by atoms with Crippen LogP contribution in [0.15, 0.2) is 31.6 Å². The van der Waals surface area contributed by atoms with Gasteiger partial charge in [-0.2, -0.15) is 4.73 Å². The highest BCUT2D eigenvalue weighted by Gasteiger charge is 2.22. The van der Waals surface area contributed by atoms with E-state index in [9.17, 15) is 4.57 Å². The largest absolute Gasteiger partial charge is 0.603 e. The highest BCUT2D eigenvalue weighted by molar-refractivity contribution is 7.47. The summed E-state index contributed by atoms with van der Waals surface area (Å²) < 4.78 is 20.5. The van der Waals surface area contributed by atoms with Crippen LogP contribution in [0.1, 0.15) is 0 Å². The first-order chi connectivity index (χ1) is 5.64. The monoisotopic (exact) mass is 190 g/mol. The molecular weight excluding hydrogens is 183 g/mol. The maximum atomic E-state index is 10.9. The molecule has 0 amide bonds. The number of rotatable bonds is 4. The van der Waals surface area contributed by atoms with Crippen molar-refractivity contribution in [2.45, 2.75) is 0 Å². The summed E-state index contributed by atoms with van der Waals surface area (Å²) in [6, 6.07) is 0. The van der Waals surface area contributed by atoms with Crippen LogP contribution < -0.4 is 4.62 Å². The molecule has 12 heavy (non-hydrogen) atoms. The number of imidazole rings is 1. The molecule has 0 spiro atoms. The van der Waals surface area contributed by atoms with Gasteiger partial charge in [-0.1, -0.05) is 6.58 Å². The fourth-order valence-corrected chi connectivity index (χ4v) is 1.09. The fraction of sp³-hybridized carbons (Fsp3) is 0. The van der Waals surface area contributed by atoms with Crippen LogP contribution in [0.25, 0.3) is 0 Å². The normalized spacial score (nSPS) is 14.8. The van der Waals surface area contributed by atoms with E-state index in [0.717, 1.165) is 11.0 Å². The Morgan fingerprint density at radius 2 is 2.50 bits per heavy atom. The standard InChI is InChI=1S/C5H7N2O4P/c1-2-10-12(8,9)11-7-4-3-6-5-7/h2-5H,1H2,(H,8,9). The molecule has 1 aromatic heterocycles. The van der Waals surface area contributed by atoms with Gasteiger partial charge >= 0.3 is 7.82 Å². The Morgan fingerprint density at radius 3 is 3.00 bits per heavy atom. The summed E-state index contributed by atoms with van der Waals surface area (Å²) in [5, 5.41) is 0. The first kappa shape index (κ1) is 8.83. The molecule has 0 radical (unpaired) electrons. The van der Waals surface area contributed by atoms with Crippen molar-refractivity contribution in [3.05, 3.63) is 31.6 Å². The highest BCUT2D eigenvalue weighted by atomic mass is 31.2. The first-order valence-corrected chi connectivity index (χ1v) is 4.44. The number of aromatic nitrogens is 2. The van der Waals surface area contributed by atoms with Gasteiger partial charge in [0.2, 0.25) is 0 Å². The summed E-state index contributed by atoms with van der Waals surface area (Å²) in [5.41, 5.74) is 0. The quantitative estimate of drug-likeness (QED) is 0.555. The molecular formula is C5H7N2O4P. The minimum Gasteiger partial charge on any atom is -0.403 e. The number of phosphoric acid groups is 1. The van der Waals surface area contributed by atoms with Gasteiger partial charge in [0.15, 0.2) is 0 Å². The third kappa shape index (κ3) is 2.41. The molecule has 0 aromatic carbocycles. The zero-order valence-corrected chi connectivity index (χ0v) is 6.92. The lowest BCUT2D eigenvalue weighted by atomic mass is 11.0. The number of hydrogen-bond acceptors (Lipinski definition) is 4. The van der Waals surface area contributed by atoms with Crippen molar-refractivity contribution in [2.75, 3.05) is 0 Å². The first-order valence-electron chi connectivity index (χ1n) is 2.94. The van der Waals surface area contributed by atoms with E-state index in [4.69, 9.17) is 4.89 Å². The maximum absolute atomic E-state index is 10.9. The third-order valence-corrected chi connectivity index (χ3v) is 1.70. The number of phosphoric ester groups is 1. The highest BCUT2D eigenvalue weighted by Crippen LogP contribution is 2.39. The van der Waals surface area contributed by atoms with Gasteiger partial charge in [0.1, 0.15) is 6.33 Å². The van der Waals surface area contributed by atoms with Crippen LogP contribution >= 0.6 is 7.82 Å². The van der Waals surface area contributed by atoms with Gasteiger partial charge in [0.25, 0.3) is 0 Å². The molecule has 1 heterocycles. The average Bonchev–Trinajstić information content (AvgIpc) is 2.38. The topological polar surface area (TPSA) is 73.6 Å². The summed E-state index contributed by atoms with van der Waals surface area (Å²) in [5.74, 6) is 0. The maximum Gasteiger partial charge on any atom is 0.603 e. The molecule has 66 valence electrons. The average molecular weight is 190 g/mol. The molecule has 0 bridgehead atoms. The van der Waals surface area contributed by atoms with Gasteiger partial charge < -0.3 is 9.15 Å². The van der Waals surface area contributed by atoms with Crippen LogP contribution in [-0.2, 0) is 9.09 Å². The Kier molecular flexibility index (Phi) is 2.52. The molecule has 1 atom stereocenters. The van der Waals surface area contributed by atoms with Crippen LogP contribution in [-0.4, -0.2) is 14.6 Å². The van der Waals surface area contributed by atoms with E-state index in [1.807, 2.05) is 0 Å². The van der Waals surface area contributed by atoms with E-state index in [1.165, 1.54) is 18.7 Å². The molecule has 0 aliphatic heterocycles. The van der Waals surface area contributed by atoms with E-state index in [-0.39, 0.29) is 0 Å². The SMILES string of the molecule is C=COP(=O)(O)On1ccnc1. The molecule has 1 aromatic rings.